The van der Waals surface area contributed by atoms with Gasteiger partial charge in [-0.05, 0) is 73.7 Å². The number of aromatic nitrogens is 1. The summed E-state index contributed by atoms with van der Waals surface area (Å²) in [6.07, 6.45) is 1.32. The van der Waals surface area contributed by atoms with Gasteiger partial charge in [0.15, 0.2) is 5.82 Å². The highest BCUT2D eigenvalue weighted by Gasteiger charge is 2.56. The summed E-state index contributed by atoms with van der Waals surface area (Å²) in [5.74, 6) is 2.09. The number of halogens is 1. The molecule has 3 atom stereocenters. The Morgan fingerprint density at radius 3 is 2.50 bits per heavy atom. The van der Waals surface area contributed by atoms with Crippen molar-refractivity contribution < 1.29 is 9.18 Å². The number of carbonyl (C=O) groups excluding carboxylic acids is 1. The summed E-state index contributed by atoms with van der Waals surface area (Å²) in [6.45, 7) is 5.28. The zero-order valence-corrected chi connectivity index (χ0v) is 15.6. The van der Waals surface area contributed by atoms with Gasteiger partial charge in [-0.15, -0.1) is 0 Å². The summed E-state index contributed by atoms with van der Waals surface area (Å²) in [7, 11) is 0. The number of hydrogen-bond acceptors (Lipinski definition) is 4. The lowest BCUT2D eigenvalue weighted by Gasteiger charge is -2.31. The van der Waals surface area contributed by atoms with Gasteiger partial charge in [-0.25, -0.2) is 14.2 Å². The molecule has 1 aromatic carbocycles. The number of urea groups is 1. The van der Waals surface area contributed by atoms with Crippen LogP contribution in [-0.4, -0.2) is 53.5 Å². The van der Waals surface area contributed by atoms with Crippen LogP contribution in [0.15, 0.2) is 36.4 Å². The van der Waals surface area contributed by atoms with Crippen molar-refractivity contribution >= 4 is 17.5 Å². The van der Waals surface area contributed by atoms with Crippen LogP contribution in [0.2, 0.25) is 0 Å². The molecule has 0 spiro atoms. The van der Waals surface area contributed by atoms with Crippen LogP contribution in [0.4, 0.5) is 20.7 Å². The van der Waals surface area contributed by atoms with Crippen LogP contribution in [0, 0.1) is 23.6 Å². The third-order valence-corrected chi connectivity index (χ3v) is 6.37. The molecule has 146 valence electrons. The second-order valence-corrected chi connectivity index (χ2v) is 8.12. The molecule has 0 unspecified atom stereocenters. The molecule has 3 aliphatic rings. The van der Waals surface area contributed by atoms with Gasteiger partial charge in [-0.3, -0.25) is 5.32 Å². The predicted molar refractivity (Wildman–Crippen MR) is 106 cm³/mol. The molecule has 3 N–H and O–H groups in total. The Kier molecular flexibility index (Phi) is 4.19. The van der Waals surface area contributed by atoms with Crippen molar-refractivity contribution in [2.75, 3.05) is 43.8 Å². The molecular weight excluding hydrogens is 357 g/mol. The van der Waals surface area contributed by atoms with Crippen LogP contribution in [0.25, 0.3) is 11.3 Å². The van der Waals surface area contributed by atoms with Crippen molar-refractivity contribution in [1.82, 2.24) is 14.8 Å². The molecule has 28 heavy (non-hydrogen) atoms. The lowest BCUT2D eigenvalue weighted by Crippen LogP contribution is -2.41. The van der Waals surface area contributed by atoms with Crippen molar-refractivity contribution in [3.05, 3.63) is 42.2 Å². The van der Waals surface area contributed by atoms with Gasteiger partial charge in [-0.1, -0.05) is 0 Å². The Hall–Kier alpha value is -2.67. The highest BCUT2D eigenvalue weighted by molar-refractivity contribution is 5.92. The fourth-order valence-electron chi connectivity index (χ4n) is 4.48. The quantitative estimate of drug-likeness (QED) is 0.854. The van der Waals surface area contributed by atoms with E-state index < -0.39 is 0 Å². The molecule has 7 heteroatoms. The van der Waals surface area contributed by atoms with Crippen LogP contribution < -0.4 is 11.1 Å². The maximum atomic E-state index is 13.1. The summed E-state index contributed by atoms with van der Waals surface area (Å²) >= 11 is 0. The number of fused-ring (bicyclic) bond motifs is 1. The summed E-state index contributed by atoms with van der Waals surface area (Å²) in [6, 6.07) is 9.43. The topological polar surface area (TPSA) is 74.5 Å². The Labute approximate surface area is 163 Å². The van der Waals surface area contributed by atoms with Gasteiger partial charge in [0.05, 0.1) is 11.4 Å². The Bertz CT molecular complexity index is 886. The Morgan fingerprint density at radius 1 is 1.14 bits per heavy atom. The van der Waals surface area contributed by atoms with Crippen LogP contribution in [0.1, 0.15) is 6.42 Å². The molecule has 3 fully saturated rings. The van der Waals surface area contributed by atoms with Gasteiger partial charge >= 0.3 is 6.03 Å². The molecule has 5 rings (SSSR count). The molecule has 3 heterocycles. The second-order valence-electron chi connectivity index (χ2n) is 8.12. The van der Waals surface area contributed by atoms with E-state index in [0.717, 1.165) is 24.6 Å². The molecule has 0 radical (unpaired) electrons. The van der Waals surface area contributed by atoms with Gasteiger partial charge in [0.2, 0.25) is 0 Å². The monoisotopic (exact) mass is 381 g/mol. The number of pyridine rings is 1. The molecule has 0 bridgehead atoms. The first kappa shape index (κ1) is 17.4. The van der Waals surface area contributed by atoms with Crippen molar-refractivity contribution in [2.45, 2.75) is 6.42 Å². The number of piperidine rings is 1. The number of nitrogen functional groups attached to an aromatic ring is 1. The van der Waals surface area contributed by atoms with E-state index in [1.807, 2.05) is 4.90 Å². The maximum absolute atomic E-state index is 13.1. The summed E-state index contributed by atoms with van der Waals surface area (Å²) in [5, 5.41) is 2.86. The minimum atomic E-state index is -0.298. The Balaban J connectivity index is 1.22. The van der Waals surface area contributed by atoms with Crippen LogP contribution >= 0.6 is 0 Å². The van der Waals surface area contributed by atoms with Crippen molar-refractivity contribution in [3.63, 3.8) is 0 Å². The summed E-state index contributed by atoms with van der Waals surface area (Å²) < 4.78 is 13.1. The molecule has 2 saturated heterocycles. The first-order chi connectivity index (χ1) is 13.6. The van der Waals surface area contributed by atoms with Crippen LogP contribution in [0.3, 0.4) is 0 Å². The minimum Gasteiger partial charge on any atom is -0.396 e. The number of likely N-dealkylation sites (tertiary alicyclic amines) is 2. The lowest BCUT2D eigenvalue weighted by molar-refractivity contribution is 0.159. The number of benzene rings is 1. The fourth-order valence-corrected chi connectivity index (χ4v) is 4.48. The van der Waals surface area contributed by atoms with E-state index in [0.29, 0.717) is 29.0 Å². The van der Waals surface area contributed by atoms with E-state index in [1.165, 1.54) is 38.2 Å². The van der Waals surface area contributed by atoms with E-state index >= 15 is 0 Å². The zero-order chi connectivity index (χ0) is 19.3. The van der Waals surface area contributed by atoms with Crippen molar-refractivity contribution in [2.24, 2.45) is 17.8 Å². The van der Waals surface area contributed by atoms with E-state index in [1.54, 1.807) is 24.3 Å². The third-order valence-electron chi connectivity index (χ3n) is 6.37. The molecular formula is C21H24FN5O. The number of carbonyl (C=O) groups is 1. The van der Waals surface area contributed by atoms with Crippen LogP contribution in [0.5, 0.6) is 0 Å². The third kappa shape index (κ3) is 3.20. The predicted octanol–water partition coefficient (Wildman–Crippen LogP) is 2.89. The highest BCUT2D eigenvalue weighted by Crippen LogP contribution is 2.52. The molecule has 1 aliphatic carbocycles. The number of nitrogens with two attached hydrogens (primary N) is 1. The summed E-state index contributed by atoms with van der Waals surface area (Å²) in [4.78, 5) is 21.5. The van der Waals surface area contributed by atoms with Gasteiger partial charge in [0.1, 0.15) is 5.82 Å². The molecule has 2 aromatic rings. The second kappa shape index (κ2) is 6.74. The highest BCUT2D eigenvalue weighted by atomic mass is 19.1. The molecule has 1 saturated carbocycles. The standard InChI is InChI=1S/C21H24FN5O/c22-14-4-2-13(3-5-14)19-7-6-18(23)20(24-19)25-21(28)27-11-16-15(17(16)12-27)10-26-8-1-9-26/h2-7,15-17H,1,8-12,23H2,(H,24,25,28)/t15-,16-,17+. The van der Waals surface area contributed by atoms with E-state index in [2.05, 4.69) is 15.2 Å². The maximum Gasteiger partial charge on any atom is 0.323 e. The molecule has 1 aromatic heterocycles. The summed E-state index contributed by atoms with van der Waals surface area (Å²) in [5.41, 5.74) is 7.84. The first-order valence-corrected chi connectivity index (χ1v) is 9.89. The number of nitrogens with one attached hydrogen (secondary N) is 1. The van der Waals surface area contributed by atoms with Gasteiger partial charge in [0.25, 0.3) is 0 Å². The van der Waals surface area contributed by atoms with Crippen molar-refractivity contribution in [3.8, 4) is 11.3 Å². The number of rotatable bonds is 4. The average Bonchev–Trinajstić information content (AvgIpc) is 3.08. The largest absolute Gasteiger partial charge is 0.396 e. The zero-order valence-electron chi connectivity index (χ0n) is 15.6. The number of nitrogens with zero attached hydrogens (tertiary/aromatic N) is 3. The fraction of sp³-hybridized carbons (Fsp3) is 0.429. The number of hydrogen-bond donors (Lipinski definition) is 2. The van der Waals surface area contributed by atoms with Crippen molar-refractivity contribution in [1.29, 1.82) is 0 Å². The SMILES string of the molecule is Nc1ccc(-c2ccc(F)cc2)nc1NC(=O)N1C[C@@H]2[C@@H](CN3CCC3)[C@@H]2C1. The lowest BCUT2D eigenvalue weighted by atomic mass is 10.1. The smallest absolute Gasteiger partial charge is 0.323 e. The first-order valence-electron chi connectivity index (χ1n) is 9.89. The van der Waals surface area contributed by atoms with Gasteiger partial charge in [0, 0.05) is 25.2 Å². The minimum absolute atomic E-state index is 0.148. The van der Waals surface area contributed by atoms with Crippen LogP contribution in [-0.2, 0) is 0 Å². The van der Waals surface area contributed by atoms with E-state index in [4.69, 9.17) is 5.73 Å². The number of amides is 2. The van der Waals surface area contributed by atoms with Gasteiger partial charge in [-0.2, -0.15) is 0 Å². The number of anilines is 2. The normalized spacial score (nSPS) is 25.9. The Morgan fingerprint density at radius 2 is 1.86 bits per heavy atom. The molecule has 2 aliphatic heterocycles. The average molecular weight is 381 g/mol. The van der Waals surface area contributed by atoms with E-state index in [-0.39, 0.29) is 11.8 Å². The molecule has 6 nitrogen and oxygen atoms in total. The van der Waals surface area contributed by atoms with E-state index in [9.17, 15) is 9.18 Å². The molecule has 2 amide bonds. The van der Waals surface area contributed by atoms with Gasteiger partial charge < -0.3 is 15.5 Å².